The van der Waals surface area contributed by atoms with E-state index in [-0.39, 0.29) is 11.1 Å². The van der Waals surface area contributed by atoms with Crippen LogP contribution in [0.5, 0.6) is 0 Å². The Morgan fingerprint density at radius 1 is 1.37 bits per heavy atom. The van der Waals surface area contributed by atoms with Crippen molar-refractivity contribution in [2.75, 3.05) is 34.0 Å². The average molecular weight is 355 g/mol. The fourth-order valence-electron chi connectivity index (χ4n) is 1.71. The number of rotatable bonds is 8. The van der Waals surface area contributed by atoms with Gasteiger partial charge in [0, 0.05) is 29.8 Å². The molecule has 0 fully saturated rings. The molecule has 0 saturated carbocycles. The highest BCUT2D eigenvalue weighted by molar-refractivity contribution is 9.10. The Labute approximate surface area is 126 Å². The second-order valence-electron chi connectivity index (χ2n) is 4.00. The lowest BCUT2D eigenvalue weighted by atomic mass is 10.0. The highest BCUT2D eigenvalue weighted by Gasteiger charge is 2.17. The van der Waals surface area contributed by atoms with E-state index in [1.54, 1.807) is 26.3 Å². The molecule has 1 N–H and O–H groups in total. The van der Waals surface area contributed by atoms with Crippen molar-refractivity contribution in [3.63, 3.8) is 0 Å². The van der Waals surface area contributed by atoms with Gasteiger partial charge in [0.2, 0.25) is 0 Å². The molecule has 0 aliphatic rings. The Balaban J connectivity index is 2.62. The van der Waals surface area contributed by atoms with Gasteiger partial charge in [0.05, 0.1) is 18.2 Å². The lowest BCUT2D eigenvalue weighted by molar-refractivity contribution is 0.0659. The summed E-state index contributed by atoms with van der Waals surface area (Å²) in [4.78, 5) is 0. The van der Waals surface area contributed by atoms with E-state index < -0.39 is 5.82 Å². The molecule has 0 heterocycles. The molecule has 0 bridgehead atoms. The molecule has 0 aliphatic heterocycles. The van der Waals surface area contributed by atoms with Crippen LogP contribution < -0.4 is 5.32 Å². The van der Waals surface area contributed by atoms with Crippen molar-refractivity contribution in [2.45, 2.75) is 12.5 Å². The second kappa shape index (κ2) is 8.87. The summed E-state index contributed by atoms with van der Waals surface area (Å²) in [5.41, 5.74) is 0.547. The van der Waals surface area contributed by atoms with Gasteiger partial charge in [-0.05, 0) is 35.5 Å². The maximum atomic E-state index is 14.1. The van der Waals surface area contributed by atoms with E-state index in [0.29, 0.717) is 36.3 Å². The summed E-state index contributed by atoms with van der Waals surface area (Å²) < 4.78 is 24.9. The van der Waals surface area contributed by atoms with Gasteiger partial charge in [0.25, 0.3) is 0 Å². The summed E-state index contributed by atoms with van der Waals surface area (Å²) in [5, 5.41) is 3.18. The monoisotopic (exact) mass is 353 g/mol. The van der Waals surface area contributed by atoms with E-state index in [4.69, 9.17) is 21.1 Å². The molecule has 0 radical (unpaired) electrons. The number of nitrogens with one attached hydrogen (secondary N) is 1. The van der Waals surface area contributed by atoms with Crippen molar-refractivity contribution < 1.29 is 13.9 Å². The molecule has 0 amide bonds. The van der Waals surface area contributed by atoms with E-state index in [9.17, 15) is 4.39 Å². The van der Waals surface area contributed by atoms with Crippen LogP contribution >= 0.6 is 27.5 Å². The predicted molar refractivity (Wildman–Crippen MR) is 78.2 cm³/mol. The average Bonchev–Trinajstić information content (AvgIpc) is 2.41. The molecule has 0 aliphatic carbocycles. The van der Waals surface area contributed by atoms with Crippen LogP contribution in [0.15, 0.2) is 16.6 Å². The standard InChI is InChI=1S/C13H18BrClFNO2/c1-17-11(5-6-19-8-7-18-2)9-3-4-10(14)12(15)13(9)16/h3-4,11,17H,5-8H2,1-2H3. The first-order chi connectivity index (χ1) is 9.11. The Bertz CT molecular complexity index is 406. The molecule has 1 unspecified atom stereocenters. The van der Waals surface area contributed by atoms with E-state index in [0.717, 1.165) is 0 Å². The summed E-state index contributed by atoms with van der Waals surface area (Å²) in [6, 6.07) is 3.34. The van der Waals surface area contributed by atoms with Gasteiger partial charge >= 0.3 is 0 Å². The van der Waals surface area contributed by atoms with Gasteiger partial charge in [-0.25, -0.2) is 4.39 Å². The third kappa shape index (κ3) is 5.00. The van der Waals surface area contributed by atoms with Crippen LogP contribution in [-0.2, 0) is 9.47 Å². The number of hydrogen-bond donors (Lipinski definition) is 1. The van der Waals surface area contributed by atoms with Gasteiger partial charge in [-0.15, -0.1) is 0 Å². The molecule has 19 heavy (non-hydrogen) atoms. The molecule has 1 aromatic rings. The fraction of sp³-hybridized carbons (Fsp3) is 0.538. The molecule has 0 spiro atoms. The summed E-state index contributed by atoms with van der Waals surface area (Å²) in [7, 11) is 3.41. The smallest absolute Gasteiger partial charge is 0.147 e. The van der Waals surface area contributed by atoms with Gasteiger partial charge in [-0.2, -0.15) is 0 Å². The Morgan fingerprint density at radius 2 is 2.11 bits per heavy atom. The summed E-state index contributed by atoms with van der Waals surface area (Å²) in [5.74, 6) is -0.396. The van der Waals surface area contributed by atoms with Gasteiger partial charge in [0.15, 0.2) is 0 Å². The number of ether oxygens (including phenoxy) is 2. The van der Waals surface area contributed by atoms with Crippen molar-refractivity contribution in [1.82, 2.24) is 5.32 Å². The molecule has 0 aromatic heterocycles. The fourth-order valence-corrected chi connectivity index (χ4v) is 2.19. The van der Waals surface area contributed by atoms with Crippen LogP contribution in [0.2, 0.25) is 5.02 Å². The van der Waals surface area contributed by atoms with Gasteiger partial charge in [0.1, 0.15) is 5.82 Å². The highest BCUT2D eigenvalue weighted by atomic mass is 79.9. The van der Waals surface area contributed by atoms with Crippen LogP contribution in [0.1, 0.15) is 18.0 Å². The highest BCUT2D eigenvalue weighted by Crippen LogP contribution is 2.31. The summed E-state index contributed by atoms with van der Waals surface area (Å²) in [6.07, 6.45) is 0.662. The third-order valence-electron chi connectivity index (χ3n) is 2.77. The molecular weight excluding hydrogens is 337 g/mol. The molecular formula is C13H18BrClFNO2. The quantitative estimate of drug-likeness (QED) is 0.572. The van der Waals surface area contributed by atoms with Crippen molar-refractivity contribution in [1.29, 1.82) is 0 Å². The first-order valence-electron chi connectivity index (χ1n) is 5.99. The van der Waals surface area contributed by atoms with Crippen LogP contribution in [0.3, 0.4) is 0 Å². The summed E-state index contributed by atoms with van der Waals surface area (Å²) >= 11 is 9.09. The van der Waals surface area contributed by atoms with E-state index >= 15 is 0 Å². The number of hydrogen-bond acceptors (Lipinski definition) is 3. The zero-order valence-electron chi connectivity index (χ0n) is 11.0. The number of halogens is 3. The van der Waals surface area contributed by atoms with Crippen molar-refractivity contribution in [3.8, 4) is 0 Å². The van der Waals surface area contributed by atoms with Crippen LogP contribution in [0.25, 0.3) is 0 Å². The van der Waals surface area contributed by atoms with E-state index in [1.165, 1.54) is 0 Å². The molecule has 108 valence electrons. The zero-order valence-corrected chi connectivity index (χ0v) is 13.4. The lowest BCUT2D eigenvalue weighted by Crippen LogP contribution is -2.20. The zero-order chi connectivity index (χ0) is 14.3. The minimum absolute atomic E-state index is 0.109. The lowest BCUT2D eigenvalue weighted by Gasteiger charge is -2.18. The van der Waals surface area contributed by atoms with Crippen molar-refractivity contribution >= 4 is 27.5 Å². The molecule has 0 saturated heterocycles. The summed E-state index contributed by atoms with van der Waals surface area (Å²) in [6.45, 7) is 1.63. The first kappa shape index (κ1) is 16.9. The number of methoxy groups -OCH3 is 1. The molecule has 3 nitrogen and oxygen atoms in total. The normalized spacial score (nSPS) is 12.7. The molecule has 1 rings (SSSR count). The Kier molecular flexibility index (Phi) is 7.87. The Morgan fingerprint density at radius 3 is 2.74 bits per heavy atom. The van der Waals surface area contributed by atoms with Crippen molar-refractivity contribution in [3.05, 3.63) is 33.0 Å². The minimum atomic E-state index is -0.396. The van der Waals surface area contributed by atoms with E-state index in [2.05, 4.69) is 21.2 Å². The second-order valence-corrected chi connectivity index (χ2v) is 5.23. The third-order valence-corrected chi connectivity index (χ3v) is 4.03. The molecule has 6 heteroatoms. The number of benzene rings is 1. The van der Waals surface area contributed by atoms with Gasteiger partial charge in [-0.1, -0.05) is 17.7 Å². The molecule has 1 aromatic carbocycles. The largest absolute Gasteiger partial charge is 0.382 e. The van der Waals surface area contributed by atoms with E-state index in [1.807, 2.05) is 0 Å². The van der Waals surface area contributed by atoms with Gasteiger partial charge < -0.3 is 14.8 Å². The predicted octanol–water partition coefficient (Wildman–Crippen LogP) is 3.56. The first-order valence-corrected chi connectivity index (χ1v) is 7.16. The minimum Gasteiger partial charge on any atom is -0.382 e. The Hall–Kier alpha value is -0.200. The SMILES string of the molecule is CNC(CCOCCOC)c1ccc(Br)c(Cl)c1F. The van der Waals surface area contributed by atoms with Crippen LogP contribution in [0, 0.1) is 5.82 Å². The van der Waals surface area contributed by atoms with Crippen LogP contribution in [0.4, 0.5) is 4.39 Å². The maximum Gasteiger partial charge on any atom is 0.147 e. The van der Waals surface area contributed by atoms with Gasteiger partial charge in [-0.3, -0.25) is 0 Å². The van der Waals surface area contributed by atoms with Crippen molar-refractivity contribution in [2.24, 2.45) is 0 Å². The maximum absolute atomic E-state index is 14.1. The topological polar surface area (TPSA) is 30.5 Å². The van der Waals surface area contributed by atoms with Crippen LogP contribution in [-0.4, -0.2) is 34.0 Å². The molecule has 1 atom stereocenters.